The lowest BCUT2D eigenvalue weighted by Gasteiger charge is -2.41. The van der Waals surface area contributed by atoms with Crippen molar-refractivity contribution in [2.75, 3.05) is 18.0 Å². The van der Waals surface area contributed by atoms with Crippen molar-refractivity contribution in [3.63, 3.8) is 0 Å². The topological polar surface area (TPSA) is 176 Å². The molecule has 0 saturated carbocycles. The predicted molar refractivity (Wildman–Crippen MR) is 219 cm³/mol. The number of fused-ring (bicyclic) bond motifs is 1. The van der Waals surface area contributed by atoms with Gasteiger partial charge in [-0.25, -0.2) is 9.97 Å². The zero-order valence-electron chi connectivity index (χ0n) is 32.3. The number of hydrogen-bond donors (Lipinski definition) is 4. The molecule has 0 aliphatic carbocycles. The Balaban J connectivity index is 0.815. The van der Waals surface area contributed by atoms with Crippen LogP contribution in [-0.2, 0) is 23.2 Å². The molecule has 2 saturated heterocycles. The number of nitrogens with one attached hydrogen (secondary N) is 4. The van der Waals surface area contributed by atoms with Crippen LogP contribution in [0.5, 0.6) is 11.5 Å². The maximum absolute atomic E-state index is 13.3. The molecule has 0 unspecified atom stereocenters. The Labute approximate surface area is 339 Å². The average molecular weight is 800 g/mol. The SMILES string of the molecule is Cc1nn(C)cc1-c1nc2ncc(Cl)c(Oc3ccc(C(=O)NCc4ccc(C(=O)NC5(C)CCN(c6ccc([C@@H]7CCC(=O)NC7=O)cc6)CC5)cc4)cc3)c2[nH]1. The molecule has 0 radical (unpaired) electrons. The number of rotatable bonds is 10. The monoisotopic (exact) mass is 799 g/mol. The minimum absolute atomic E-state index is 0.146. The van der Waals surface area contributed by atoms with Crippen molar-refractivity contribution in [2.24, 2.45) is 7.05 Å². The molecule has 0 spiro atoms. The molecule has 2 aliphatic rings. The van der Waals surface area contributed by atoms with E-state index < -0.39 is 0 Å². The number of amides is 4. The van der Waals surface area contributed by atoms with E-state index in [1.54, 1.807) is 41.1 Å². The van der Waals surface area contributed by atoms with Crippen molar-refractivity contribution in [1.29, 1.82) is 0 Å². The highest BCUT2D eigenvalue weighted by Crippen LogP contribution is 2.36. The highest BCUT2D eigenvalue weighted by atomic mass is 35.5. The number of imide groups is 1. The van der Waals surface area contributed by atoms with Gasteiger partial charge in [-0.3, -0.25) is 29.2 Å². The molecule has 3 aromatic carbocycles. The molecule has 0 bridgehead atoms. The summed E-state index contributed by atoms with van der Waals surface area (Å²) in [6.45, 7) is 5.79. The van der Waals surface area contributed by atoms with Gasteiger partial charge in [-0.15, -0.1) is 0 Å². The number of aromatic amines is 1. The van der Waals surface area contributed by atoms with Crippen LogP contribution in [0.2, 0.25) is 5.02 Å². The van der Waals surface area contributed by atoms with Crippen LogP contribution >= 0.6 is 11.6 Å². The Hall–Kier alpha value is -6.54. The summed E-state index contributed by atoms with van der Waals surface area (Å²) in [6, 6.07) is 21.9. The molecular formula is C43H42ClN9O5. The summed E-state index contributed by atoms with van der Waals surface area (Å²) < 4.78 is 7.87. The van der Waals surface area contributed by atoms with Gasteiger partial charge < -0.3 is 25.3 Å². The van der Waals surface area contributed by atoms with Crippen molar-refractivity contribution >= 4 is 52.1 Å². The Kier molecular flexibility index (Phi) is 10.4. The minimum atomic E-state index is -0.369. The van der Waals surface area contributed by atoms with Crippen LogP contribution in [0.1, 0.15) is 76.1 Å². The first-order valence-electron chi connectivity index (χ1n) is 19.1. The summed E-state index contributed by atoms with van der Waals surface area (Å²) in [6.07, 6.45) is 5.77. The quantitative estimate of drug-likeness (QED) is 0.115. The smallest absolute Gasteiger partial charge is 0.251 e. The second kappa shape index (κ2) is 15.8. The number of aryl methyl sites for hydroxylation is 2. The zero-order valence-corrected chi connectivity index (χ0v) is 33.0. The molecular weight excluding hydrogens is 758 g/mol. The number of imidazole rings is 1. The molecule has 1 atom stereocenters. The number of halogens is 1. The molecule has 3 aromatic heterocycles. The Morgan fingerprint density at radius 1 is 0.966 bits per heavy atom. The first-order chi connectivity index (χ1) is 27.9. The van der Waals surface area contributed by atoms with Gasteiger partial charge in [0.05, 0.1) is 23.4 Å². The molecule has 15 heteroatoms. The second-order valence-electron chi connectivity index (χ2n) is 15.1. The van der Waals surface area contributed by atoms with Gasteiger partial charge in [0.2, 0.25) is 11.8 Å². The first-order valence-corrected chi connectivity index (χ1v) is 19.5. The lowest BCUT2D eigenvalue weighted by Crippen LogP contribution is -2.53. The van der Waals surface area contributed by atoms with Crippen LogP contribution in [-0.4, -0.2) is 67.0 Å². The van der Waals surface area contributed by atoms with Crippen molar-refractivity contribution < 1.29 is 23.9 Å². The van der Waals surface area contributed by atoms with Crippen LogP contribution in [0.4, 0.5) is 5.69 Å². The van der Waals surface area contributed by atoms with Gasteiger partial charge in [-0.05, 0) is 92.8 Å². The van der Waals surface area contributed by atoms with Gasteiger partial charge in [0.25, 0.3) is 11.8 Å². The number of carbonyl (C=O) groups excluding carboxylic acids is 4. The van der Waals surface area contributed by atoms with Crippen molar-refractivity contribution in [3.05, 3.63) is 118 Å². The molecule has 6 aromatic rings. The number of anilines is 1. The molecule has 4 N–H and O–H groups in total. The number of H-pyrrole nitrogens is 1. The summed E-state index contributed by atoms with van der Waals surface area (Å²) in [4.78, 5) is 64.6. The molecule has 2 aliphatic heterocycles. The summed E-state index contributed by atoms with van der Waals surface area (Å²) in [5.74, 6) is 0.282. The number of benzene rings is 3. The Morgan fingerprint density at radius 3 is 2.33 bits per heavy atom. The first kappa shape index (κ1) is 38.3. The number of ether oxygens (including phenoxy) is 1. The normalized spacial score (nSPS) is 16.6. The molecule has 8 rings (SSSR count). The van der Waals surface area contributed by atoms with E-state index in [2.05, 4.69) is 47.8 Å². The number of nitrogens with zero attached hydrogens (tertiary/aromatic N) is 5. The number of pyridine rings is 1. The van der Waals surface area contributed by atoms with E-state index in [0.29, 0.717) is 57.5 Å². The molecule has 58 heavy (non-hydrogen) atoms. The Morgan fingerprint density at radius 2 is 1.66 bits per heavy atom. The van der Waals surface area contributed by atoms with Gasteiger partial charge in [-0.1, -0.05) is 35.9 Å². The fourth-order valence-electron chi connectivity index (χ4n) is 7.48. The number of carbonyl (C=O) groups is 4. The highest BCUT2D eigenvalue weighted by Gasteiger charge is 2.33. The molecule has 5 heterocycles. The van der Waals surface area contributed by atoms with E-state index in [0.717, 1.165) is 54.0 Å². The lowest BCUT2D eigenvalue weighted by atomic mass is 9.88. The van der Waals surface area contributed by atoms with Gasteiger partial charge >= 0.3 is 0 Å². The van der Waals surface area contributed by atoms with Crippen LogP contribution in [0.25, 0.3) is 22.6 Å². The van der Waals surface area contributed by atoms with E-state index in [9.17, 15) is 19.2 Å². The molecule has 14 nitrogen and oxygen atoms in total. The van der Waals surface area contributed by atoms with Crippen molar-refractivity contribution in [3.8, 4) is 22.9 Å². The third-order valence-electron chi connectivity index (χ3n) is 10.9. The van der Waals surface area contributed by atoms with Gasteiger partial charge in [0.15, 0.2) is 11.4 Å². The minimum Gasteiger partial charge on any atom is -0.453 e. The third-order valence-corrected chi connectivity index (χ3v) is 11.2. The summed E-state index contributed by atoms with van der Waals surface area (Å²) in [5, 5.41) is 13.3. The fraction of sp³-hybridized carbons (Fsp3) is 0.279. The molecule has 4 amide bonds. The van der Waals surface area contributed by atoms with Crippen LogP contribution in [0.3, 0.4) is 0 Å². The lowest BCUT2D eigenvalue weighted by molar-refractivity contribution is -0.134. The van der Waals surface area contributed by atoms with Crippen LogP contribution < -0.4 is 25.6 Å². The van der Waals surface area contributed by atoms with Crippen LogP contribution in [0.15, 0.2) is 85.2 Å². The standard InChI is InChI=1S/C43H42ClN9O5/c1-25-33(24-52(3)51-25)38-48-36-37(34(44)23-45-39(36)49-38)58-31-14-10-28(11-15-31)40(55)46-22-26-4-6-29(7-5-26)41(56)50-43(2)18-20-53(21-19-43)30-12-8-27(9-13-30)32-16-17-35(54)47-42(32)57/h4-15,23-24,32H,16-22H2,1-3H3,(H,46,55)(H,50,56)(H,45,48,49)(H,47,54,57)/t32-/m0/s1. The molecule has 2 fully saturated rings. The second-order valence-corrected chi connectivity index (χ2v) is 15.5. The summed E-state index contributed by atoms with van der Waals surface area (Å²) in [7, 11) is 1.84. The van der Waals surface area contributed by atoms with Crippen molar-refractivity contribution in [1.82, 2.24) is 40.7 Å². The Bertz CT molecular complexity index is 2520. The number of aromatic nitrogens is 5. The van der Waals surface area contributed by atoms with Crippen molar-refractivity contribution in [2.45, 2.75) is 57.5 Å². The maximum atomic E-state index is 13.3. The average Bonchev–Trinajstić information content (AvgIpc) is 3.80. The largest absolute Gasteiger partial charge is 0.453 e. The fourth-order valence-corrected chi connectivity index (χ4v) is 7.66. The summed E-state index contributed by atoms with van der Waals surface area (Å²) in [5.41, 5.74) is 6.10. The van der Waals surface area contributed by atoms with E-state index in [1.807, 2.05) is 56.6 Å². The van der Waals surface area contributed by atoms with Crippen LogP contribution in [0, 0.1) is 6.92 Å². The number of hydrogen-bond acceptors (Lipinski definition) is 9. The van der Waals surface area contributed by atoms with Gasteiger partial charge in [0.1, 0.15) is 22.1 Å². The molecule has 296 valence electrons. The summed E-state index contributed by atoms with van der Waals surface area (Å²) >= 11 is 6.50. The third kappa shape index (κ3) is 8.14. The van der Waals surface area contributed by atoms with E-state index >= 15 is 0 Å². The van der Waals surface area contributed by atoms with Gasteiger partial charge in [-0.2, -0.15) is 5.10 Å². The highest BCUT2D eigenvalue weighted by molar-refractivity contribution is 6.32. The zero-order chi connectivity index (χ0) is 40.6. The van der Waals surface area contributed by atoms with E-state index in [4.69, 9.17) is 16.3 Å². The predicted octanol–water partition coefficient (Wildman–Crippen LogP) is 6.35. The van der Waals surface area contributed by atoms with E-state index in [1.165, 1.54) is 6.20 Å². The number of piperidine rings is 2. The van der Waals surface area contributed by atoms with E-state index in [-0.39, 0.29) is 41.6 Å². The van der Waals surface area contributed by atoms with Gasteiger partial charge in [0, 0.05) is 61.7 Å². The maximum Gasteiger partial charge on any atom is 0.251 e.